The molecule has 0 amide bonds. The molecule has 0 bridgehead atoms. The lowest BCUT2D eigenvalue weighted by Crippen LogP contribution is -2.34. The molecule has 6 nitrogen and oxygen atoms in total. The van der Waals surface area contributed by atoms with Crippen molar-refractivity contribution < 1.29 is 18.3 Å². The highest BCUT2D eigenvalue weighted by Gasteiger charge is 2.18. The summed E-state index contributed by atoms with van der Waals surface area (Å²) in [5.41, 5.74) is -0.0819. The summed E-state index contributed by atoms with van der Waals surface area (Å²) in [4.78, 5) is 10.8. The van der Waals surface area contributed by atoms with E-state index in [4.69, 9.17) is 10.2 Å². The SMILES string of the molecule is CN(c1ccccc1C(=O)O)S(N)(=O)=O. The van der Waals surface area contributed by atoms with Crippen molar-refractivity contribution >= 4 is 21.9 Å². The van der Waals surface area contributed by atoms with Crippen LogP contribution in [0.1, 0.15) is 10.4 Å². The van der Waals surface area contributed by atoms with Crippen LogP contribution in [0.5, 0.6) is 0 Å². The molecule has 0 aromatic heterocycles. The topological polar surface area (TPSA) is 101 Å². The molecule has 3 N–H and O–H groups in total. The first-order chi connectivity index (χ1) is 6.84. The minimum atomic E-state index is -3.94. The summed E-state index contributed by atoms with van der Waals surface area (Å²) in [5.74, 6) is -1.21. The van der Waals surface area contributed by atoms with E-state index in [1.807, 2.05) is 0 Å². The van der Waals surface area contributed by atoms with Crippen molar-refractivity contribution in [2.45, 2.75) is 0 Å². The second kappa shape index (κ2) is 3.87. The van der Waals surface area contributed by atoms with Crippen molar-refractivity contribution in [2.75, 3.05) is 11.4 Å². The van der Waals surface area contributed by atoms with Gasteiger partial charge in [0.2, 0.25) is 0 Å². The van der Waals surface area contributed by atoms with Crippen molar-refractivity contribution in [3.8, 4) is 0 Å². The maximum absolute atomic E-state index is 11.0. The Bertz CT molecular complexity index is 483. The highest BCUT2D eigenvalue weighted by atomic mass is 32.2. The van der Waals surface area contributed by atoms with Gasteiger partial charge in [0, 0.05) is 7.05 Å². The molecule has 0 radical (unpaired) electrons. The predicted molar refractivity (Wildman–Crippen MR) is 54.9 cm³/mol. The summed E-state index contributed by atoms with van der Waals surface area (Å²) in [6.45, 7) is 0. The molecule has 1 rings (SSSR count). The number of anilines is 1. The fourth-order valence-electron chi connectivity index (χ4n) is 1.07. The van der Waals surface area contributed by atoms with Crippen LogP contribution in [0.4, 0.5) is 5.69 Å². The van der Waals surface area contributed by atoms with Gasteiger partial charge in [-0.25, -0.2) is 9.93 Å². The number of carboxylic acid groups (broad SMARTS) is 1. The van der Waals surface area contributed by atoms with E-state index in [1.54, 1.807) is 0 Å². The largest absolute Gasteiger partial charge is 0.478 e. The Labute approximate surface area is 87.1 Å². The number of nitrogens with two attached hydrogens (primary N) is 1. The molecule has 82 valence electrons. The van der Waals surface area contributed by atoms with Crippen LogP contribution in [0.25, 0.3) is 0 Å². The van der Waals surface area contributed by atoms with Crippen molar-refractivity contribution in [3.05, 3.63) is 29.8 Å². The first kappa shape index (κ1) is 11.5. The van der Waals surface area contributed by atoms with E-state index in [0.717, 1.165) is 4.31 Å². The summed E-state index contributed by atoms with van der Waals surface area (Å²) in [6.07, 6.45) is 0. The van der Waals surface area contributed by atoms with Gasteiger partial charge in [0.05, 0.1) is 11.3 Å². The molecule has 0 atom stereocenters. The van der Waals surface area contributed by atoms with Crippen LogP contribution < -0.4 is 9.44 Å². The molecule has 0 heterocycles. The number of carboxylic acids is 1. The molecule has 0 aliphatic heterocycles. The van der Waals surface area contributed by atoms with E-state index >= 15 is 0 Å². The minimum Gasteiger partial charge on any atom is -0.478 e. The molecule has 7 heteroatoms. The second-order valence-electron chi connectivity index (χ2n) is 2.83. The summed E-state index contributed by atoms with van der Waals surface area (Å²) in [7, 11) is -2.75. The molecule has 0 unspecified atom stereocenters. The van der Waals surface area contributed by atoms with Gasteiger partial charge in [-0.05, 0) is 12.1 Å². The molecular formula is C8H10N2O4S. The van der Waals surface area contributed by atoms with Gasteiger partial charge < -0.3 is 5.11 Å². The molecule has 1 aromatic carbocycles. The molecule has 0 saturated heterocycles. The third kappa shape index (κ3) is 2.45. The van der Waals surface area contributed by atoms with Crippen LogP contribution in [0.3, 0.4) is 0 Å². The van der Waals surface area contributed by atoms with Gasteiger partial charge in [0.25, 0.3) is 10.2 Å². The van der Waals surface area contributed by atoms with Crippen LogP contribution in [0.2, 0.25) is 0 Å². The lowest BCUT2D eigenvalue weighted by atomic mass is 10.2. The summed E-state index contributed by atoms with van der Waals surface area (Å²) in [5, 5.41) is 13.7. The summed E-state index contributed by atoms with van der Waals surface area (Å²) < 4.78 is 22.8. The number of rotatable bonds is 3. The van der Waals surface area contributed by atoms with Gasteiger partial charge in [0.15, 0.2) is 0 Å². The number of hydrogen-bond donors (Lipinski definition) is 2. The van der Waals surface area contributed by atoms with Gasteiger partial charge in [-0.2, -0.15) is 8.42 Å². The molecule has 15 heavy (non-hydrogen) atoms. The number of hydrogen-bond acceptors (Lipinski definition) is 3. The third-order valence-electron chi connectivity index (χ3n) is 1.86. The first-order valence-electron chi connectivity index (χ1n) is 3.93. The monoisotopic (exact) mass is 230 g/mol. The number of carbonyl (C=O) groups is 1. The fourth-order valence-corrected chi connectivity index (χ4v) is 1.50. The van der Waals surface area contributed by atoms with E-state index in [0.29, 0.717) is 0 Å². The van der Waals surface area contributed by atoms with Gasteiger partial charge >= 0.3 is 5.97 Å². The Morgan fingerprint density at radius 2 is 1.93 bits per heavy atom. The molecule has 0 fully saturated rings. The van der Waals surface area contributed by atoms with E-state index in [1.165, 1.54) is 31.3 Å². The minimum absolute atomic E-state index is 0.0347. The Hall–Kier alpha value is -1.60. The number of para-hydroxylation sites is 1. The first-order valence-corrected chi connectivity index (χ1v) is 5.43. The molecule has 0 saturated carbocycles. The van der Waals surface area contributed by atoms with E-state index in [2.05, 4.69) is 0 Å². The lowest BCUT2D eigenvalue weighted by Gasteiger charge is -2.17. The molecular weight excluding hydrogens is 220 g/mol. The van der Waals surface area contributed by atoms with Crippen LogP contribution in [0.15, 0.2) is 24.3 Å². The van der Waals surface area contributed by atoms with Crippen LogP contribution in [-0.4, -0.2) is 26.5 Å². The Kier molecular flexibility index (Phi) is 2.96. The molecule has 1 aromatic rings. The van der Waals surface area contributed by atoms with Gasteiger partial charge in [0.1, 0.15) is 0 Å². The predicted octanol–water partition coefficient (Wildman–Crippen LogP) is 0.0245. The van der Waals surface area contributed by atoms with E-state index < -0.39 is 16.2 Å². The molecule has 0 spiro atoms. The zero-order valence-electron chi connectivity index (χ0n) is 7.91. The van der Waals surface area contributed by atoms with Crippen molar-refractivity contribution in [3.63, 3.8) is 0 Å². The van der Waals surface area contributed by atoms with Crippen molar-refractivity contribution in [1.82, 2.24) is 0 Å². The smallest absolute Gasteiger partial charge is 0.337 e. The van der Waals surface area contributed by atoms with Crippen LogP contribution >= 0.6 is 0 Å². The average Bonchev–Trinajstić information content (AvgIpc) is 2.15. The quantitative estimate of drug-likeness (QED) is 0.764. The molecule has 0 aliphatic carbocycles. The van der Waals surface area contributed by atoms with E-state index in [9.17, 15) is 13.2 Å². The molecule has 0 aliphatic rings. The standard InChI is InChI=1S/C8H10N2O4S/c1-10(15(9,13)14)7-5-3-2-4-6(7)8(11)12/h2-5H,1H3,(H,11,12)(H2,9,13,14). The zero-order valence-corrected chi connectivity index (χ0v) is 8.73. The van der Waals surface area contributed by atoms with Gasteiger partial charge in [-0.1, -0.05) is 12.1 Å². The van der Waals surface area contributed by atoms with Gasteiger partial charge in [-0.3, -0.25) is 4.31 Å². The number of benzene rings is 1. The maximum Gasteiger partial charge on any atom is 0.337 e. The van der Waals surface area contributed by atoms with E-state index in [-0.39, 0.29) is 11.3 Å². The highest BCUT2D eigenvalue weighted by Crippen LogP contribution is 2.20. The number of nitrogens with zero attached hydrogens (tertiary/aromatic N) is 1. The zero-order chi connectivity index (χ0) is 11.6. The Morgan fingerprint density at radius 1 is 1.40 bits per heavy atom. The van der Waals surface area contributed by atoms with Crippen LogP contribution in [0, 0.1) is 0 Å². The average molecular weight is 230 g/mol. The number of aromatic carboxylic acids is 1. The van der Waals surface area contributed by atoms with Gasteiger partial charge in [-0.15, -0.1) is 0 Å². The maximum atomic E-state index is 11.0. The Balaban J connectivity index is 3.32. The fraction of sp³-hybridized carbons (Fsp3) is 0.125. The summed E-state index contributed by atoms with van der Waals surface area (Å²) in [6, 6.07) is 5.71. The normalized spacial score (nSPS) is 11.1. The Morgan fingerprint density at radius 3 is 2.40 bits per heavy atom. The van der Waals surface area contributed by atoms with Crippen molar-refractivity contribution in [1.29, 1.82) is 0 Å². The highest BCUT2D eigenvalue weighted by molar-refractivity contribution is 7.90. The summed E-state index contributed by atoms with van der Waals surface area (Å²) >= 11 is 0. The van der Waals surface area contributed by atoms with Crippen LogP contribution in [-0.2, 0) is 10.2 Å². The van der Waals surface area contributed by atoms with Crippen molar-refractivity contribution in [2.24, 2.45) is 5.14 Å². The third-order valence-corrected chi connectivity index (χ3v) is 2.82. The second-order valence-corrected chi connectivity index (χ2v) is 4.41. The lowest BCUT2D eigenvalue weighted by molar-refractivity contribution is 0.0698.